The van der Waals surface area contributed by atoms with Gasteiger partial charge in [-0.15, -0.1) is 0 Å². The third-order valence-corrected chi connectivity index (χ3v) is 7.75. The van der Waals surface area contributed by atoms with Crippen molar-refractivity contribution in [2.24, 2.45) is 0 Å². The smallest absolute Gasteiger partial charge is 0.241 e. The number of benzene rings is 3. The fourth-order valence-electron chi connectivity index (χ4n) is 2.77. The summed E-state index contributed by atoms with van der Waals surface area (Å²) in [6, 6.07) is 19.0. The zero-order valence-corrected chi connectivity index (χ0v) is 17.6. The first-order chi connectivity index (χ1) is 13.7. The number of methoxy groups -OCH3 is 1. The van der Waals surface area contributed by atoms with E-state index in [9.17, 15) is 16.8 Å². The van der Waals surface area contributed by atoms with Gasteiger partial charge in [0.2, 0.25) is 19.9 Å². The number of aryl methyl sites for hydroxylation is 1. The van der Waals surface area contributed by atoms with Gasteiger partial charge in [0.25, 0.3) is 0 Å². The fourth-order valence-corrected chi connectivity index (χ4v) is 5.44. The van der Waals surface area contributed by atoms with Gasteiger partial charge in [-0.3, -0.25) is 0 Å². The monoisotopic (exact) mass is 431 g/mol. The van der Waals surface area contributed by atoms with Crippen molar-refractivity contribution in [2.75, 3.05) is 7.11 Å². The number of nitrogens with one attached hydrogen (secondary N) is 1. The highest BCUT2D eigenvalue weighted by molar-refractivity contribution is 7.91. The second-order valence-corrected chi connectivity index (χ2v) is 10.1. The van der Waals surface area contributed by atoms with Gasteiger partial charge < -0.3 is 4.74 Å². The Balaban J connectivity index is 1.90. The predicted octanol–water partition coefficient (Wildman–Crippen LogP) is 3.31. The molecule has 0 bridgehead atoms. The Bertz CT molecular complexity index is 1200. The van der Waals surface area contributed by atoms with Crippen molar-refractivity contribution in [1.29, 1.82) is 0 Å². The van der Waals surface area contributed by atoms with Gasteiger partial charge in [-0.05, 0) is 54.4 Å². The summed E-state index contributed by atoms with van der Waals surface area (Å²) < 4.78 is 59.0. The molecule has 0 aliphatic heterocycles. The van der Waals surface area contributed by atoms with Crippen LogP contribution < -0.4 is 9.46 Å². The molecule has 0 saturated carbocycles. The normalized spacial score (nSPS) is 11.9. The lowest BCUT2D eigenvalue weighted by Crippen LogP contribution is -2.24. The Hall–Kier alpha value is -2.68. The first-order valence-electron chi connectivity index (χ1n) is 8.77. The molecule has 0 aliphatic rings. The number of sulfonamides is 1. The zero-order valence-electron chi connectivity index (χ0n) is 16.0. The lowest BCUT2D eigenvalue weighted by Gasteiger charge is -2.12. The third kappa shape index (κ3) is 4.67. The Kier molecular flexibility index (Phi) is 6.07. The van der Waals surface area contributed by atoms with E-state index in [1.54, 1.807) is 56.5 Å². The van der Waals surface area contributed by atoms with Gasteiger partial charge in [0.05, 0.1) is 21.8 Å². The summed E-state index contributed by atoms with van der Waals surface area (Å²) in [5, 5.41) is 0. The van der Waals surface area contributed by atoms with E-state index in [0.717, 1.165) is 5.56 Å². The molecule has 1 N–H and O–H groups in total. The molecule has 8 heteroatoms. The van der Waals surface area contributed by atoms with Crippen molar-refractivity contribution < 1.29 is 21.6 Å². The highest BCUT2D eigenvalue weighted by atomic mass is 32.2. The molecule has 0 saturated heterocycles. The van der Waals surface area contributed by atoms with Crippen LogP contribution in [0.4, 0.5) is 0 Å². The summed E-state index contributed by atoms with van der Waals surface area (Å²) in [4.78, 5) is -0.0273. The second kappa shape index (κ2) is 8.36. The van der Waals surface area contributed by atoms with E-state index < -0.39 is 19.9 Å². The van der Waals surface area contributed by atoms with E-state index in [2.05, 4.69) is 4.72 Å². The van der Waals surface area contributed by atoms with Crippen molar-refractivity contribution in [1.82, 2.24) is 4.72 Å². The van der Waals surface area contributed by atoms with Crippen molar-refractivity contribution in [3.05, 3.63) is 83.9 Å². The molecule has 0 fully saturated rings. The second-order valence-electron chi connectivity index (χ2n) is 6.42. The van der Waals surface area contributed by atoms with Crippen LogP contribution in [0.5, 0.6) is 5.75 Å². The maximum atomic E-state index is 12.8. The number of hydrogen-bond acceptors (Lipinski definition) is 5. The first kappa shape index (κ1) is 21.0. The molecule has 0 radical (unpaired) electrons. The average Bonchev–Trinajstić information content (AvgIpc) is 2.73. The van der Waals surface area contributed by atoms with Gasteiger partial charge in [-0.2, -0.15) is 0 Å². The molecule has 3 rings (SSSR count). The maximum Gasteiger partial charge on any atom is 0.241 e. The molecule has 6 nitrogen and oxygen atoms in total. The number of ether oxygens (including phenoxy) is 1. The molecule has 0 amide bonds. The highest BCUT2D eigenvalue weighted by Gasteiger charge is 2.23. The molecule has 3 aromatic carbocycles. The Labute approximate surface area is 171 Å². The van der Waals surface area contributed by atoms with Gasteiger partial charge in [0, 0.05) is 6.54 Å². The molecule has 29 heavy (non-hydrogen) atoms. The molecule has 0 aliphatic carbocycles. The highest BCUT2D eigenvalue weighted by Crippen LogP contribution is 2.25. The van der Waals surface area contributed by atoms with Crippen LogP contribution in [0.2, 0.25) is 0 Å². The number of rotatable bonds is 7. The van der Waals surface area contributed by atoms with Gasteiger partial charge in [-0.1, -0.05) is 36.4 Å². The maximum absolute atomic E-state index is 12.8. The van der Waals surface area contributed by atoms with Crippen LogP contribution in [-0.4, -0.2) is 23.9 Å². The minimum atomic E-state index is -3.92. The Morgan fingerprint density at radius 2 is 1.48 bits per heavy atom. The summed E-state index contributed by atoms with van der Waals surface area (Å²) >= 11 is 0. The Morgan fingerprint density at radius 1 is 0.828 bits per heavy atom. The third-order valence-electron chi connectivity index (χ3n) is 4.44. The minimum Gasteiger partial charge on any atom is -0.497 e. The fraction of sp³-hybridized carbons (Fsp3) is 0.143. The SMILES string of the molecule is COc1ccc(CNS(=O)(=O)c2cc(S(=O)(=O)c3ccccc3)ccc2C)cc1. The zero-order chi connectivity index (χ0) is 21.1. The molecule has 3 aromatic rings. The van der Waals surface area contributed by atoms with Gasteiger partial charge >= 0.3 is 0 Å². The van der Waals surface area contributed by atoms with Crippen LogP contribution in [0.3, 0.4) is 0 Å². The summed E-state index contributed by atoms with van der Waals surface area (Å²) in [5.74, 6) is 0.672. The lowest BCUT2D eigenvalue weighted by molar-refractivity contribution is 0.414. The van der Waals surface area contributed by atoms with Crippen molar-refractivity contribution in [2.45, 2.75) is 28.2 Å². The molecule has 0 aromatic heterocycles. The van der Waals surface area contributed by atoms with Crippen LogP contribution in [0.25, 0.3) is 0 Å². The predicted molar refractivity (Wildman–Crippen MR) is 110 cm³/mol. The quantitative estimate of drug-likeness (QED) is 0.620. The molecule has 152 valence electrons. The Morgan fingerprint density at radius 3 is 2.10 bits per heavy atom. The van der Waals surface area contributed by atoms with Gasteiger partial charge in [0.15, 0.2) is 0 Å². The molecule has 0 heterocycles. The van der Waals surface area contributed by atoms with Gasteiger partial charge in [0.1, 0.15) is 5.75 Å². The lowest BCUT2D eigenvalue weighted by atomic mass is 10.2. The van der Waals surface area contributed by atoms with Crippen LogP contribution in [0.1, 0.15) is 11.1 Å². The summed E-state index contributed by atoms with van der Waals surface area (Å²) in [5.41, 5.74) is 1.21. The van der Waals surface area contributed by atoms with Crippen LogP contribution >= 0.6 is 0 Å². The van der Waals surface area contributed by atoms with Crippen molar-refractivity contribution >= 4 is 19.9 Å². The molecule has 0 spiro atoms. The first-order valence-corrected chi connectivity index (χ1v) is 11.7. The van der Waals surface area contributed by atoms with E-state index in [1.165, 1.54) is 30.3 Å². The van der Waals surface area contributed by atoms with Crippen molar-refractivity contribution in [3.63, 3.8) is 0 Å². The van der Waals surface area contributed by atoms with E-state index in [4.69, 9.17) is 4.74 Å². The molecular weight excluding hydrogens is 410 g/mol. The number of sulfone groups is 1. The molecule has 0 unspecified atom stereocenters. The topological polar surface area (TPSA) is 89.5 Å². The van der Waals surface area contributed by atoms with Crippen LogP contribution in [0.15, 0.2) is 87.5 Å². The van der Waals surface area contributed by atoms with Crippen LogP contribution in [-0.2, 0) is 26.4 Å². The standard InChI is InChI=1S/C21H21NO5S2/c1-16-8-13-20(28(23,24)19-6-4-3-5-7-19)14-21(16)29(25,26)22-15-17-9-11-18(27-2)12-10-17/h3-14,22H,15H2,1-2H3. The minimum absolute atomic E-state index is 0.0667. The molecular formula is C21H21NO5S2. The van der Waals surface area contributed by atoms with Crippen LogP contribution in [0, 0.1) is 6.92 Å². The van der Waals surface area contributed by atoms with E-state index in [0.29, 0.717) is 11.3 Å². The van der Waals surface area contributed by atoms with Gasteiger partial charge in [-0.25, -0.2) is 21.6 Å². The van der Waals surface area contributed by atoms with Crippen molar-refractivity contribution in [3.8, 4) is 5.75 Å². The molecule has 0 atom stereocenters. The summed E-state index contributed by atoms with van der Waals surface area (Å²) in [7, 11) is -6.18. The van der Waals surface area contributed by atoms with E-state index >= 15 is 0 Å². The summed E-state index contributed by atoms with van der Waals surface area (Å²) in [6.45, 7) is 1.70. The number of hydrogen-bond donors (Lipinski definition) is 1. The average molecular weight is 432 g/mol. The van der Waals surface area contributed by atoms with E-state index in [-0.39, 0.29) is 21.2 Å². The van der Waals surface area contributed by atoms with E-state index in [1.807, 2.05) is 0 Å². The summed E-state index contributed by atoms with van der Waals surface area (Å²) in [6.07, 6.45) is 0. The largest absolute Gasteiger partial charge is 0.497 e.